The molecule has 2 rings (SSSR count). The smallest absolute Gasteiger partial charge is 0.307 e. The van der Waals surface area contributed by atoms with Gasteiger partial charge in [-0.3, -0.25) is 4.79 Å². The Kier molecular flexibility index (Phi) is 4.08. The number of aliphatic carboxylic acids is 1. The number of benzene rings is 2. The Morgan fingerprint density at radius 3 is 2.58 bits per heavy atom. The fourth-order valence-corrected chi connectivity index (χ4v) is 2.18. The van der Waals surface area contributed by atoms with E-state index in [1.807, 2.05) is 0 Å². The molecule has 0 fully saturated rings. The minimum Gasteiger partial charge on any atom is -0.481 e. The Bertz CT molecular complexity index is 641. The molecule has 2 aromatic carbocycles. The summed E-state index contributed by atoms with van der Waals surface area (Å²) in [6, 6.07) is 9.04. The zero-order valence-corrected chi connectivity index (χ0v) is 11.2. The number of carboxylic acids is 1. The zero-order valence-electron chi connectivity index (χ0n) is 9.66. The molecule has 0 aromatic heterocycles. The first-order chi connectivity index (χ1) is 8.99. The summed E-state index contributed by atoms with van der Waals surface area (Å²) in [7, 11) is 0. The van der Waals surface area contributed by atoms with Gasteiger partial charge in [0.15, 0.2) is 0 Å². The minimum atomic E-state index is -0.977. The molecule has 0 atom stereocenters. The van der Waals surface area contributed by atoms with Crippen molar-refractivity contribution < 1.29 is 14.3 Å². The molecule has 0 heterocycles. The van der Waals surface area contributed by atoms with Crippen LogP contribution in [-0.2, 0) is 11.2 Å². The van der Waals surface area contributed by atoms with Crippen molar-refractivity contribution >= 4 is 29.2 Å². The van der Waals surface area contributed by atoms with E-state index in [1.54, 1.807) is 18.2 Å². The van der Waals surface area contributed by atoms with Gasteiger partial charge in [0.25, 0.3) is 0 Å². The fraction of sp³-hybridized carbons (Fsp3) is 0.0714. The number of carboxylic acid groups (broad SMARTS) is 1. The Hall–Kier alpha value is -1.58. The van der Waals surface area contributed by atoms with Gasteiger partial charge in [0.1, 0.15) is 5.82 Å². The summed E-state index contributed by atoms with van der Waals surface area (Å²) in [4.78, 5) is 10.7. The maximum atomic E-state index is 13.9. The predicted octanol–water partition coefficient (Wildman–Crippen LogP) is 4.43. The molecule has 0 aliphatic rings. The second-order valence-electron chi connectivity index (χ2n) is 3.99. The largest absolute Gasteiger partial charge is 0.481 e. The highest BCUT2D eigenvalue weighted by Crippen LogP contribution is 2.35. The molecule has 2 nitrogen and oxygen atoms in total. The average molecular weight is 299 g/mol. The van der Waals surface area contributed by atoms with Crippen LogP contribution in [0.4, 0.5) is 4.39 Å². The van der Waals surface area contributed by atoms with Crippen molar-refractivity contribution in [3.8, 4) is 11.1 Å². The van der Waals surface area contributed by atoms with Crippen molar-refractivity contribution in [2.24, 2.45) is 0 Å². The molecule has 0 radical (unpaired) electrons. The zero-order chi connectivity index (χ0) is 14.0. The average Bonchev–Trinajstić information content (AvgIpc) is 2.35. The maximum Gasteiger partial charge on any atom is 0.307 e. The Balaban J connectivity index is 2.54. The lowest BCUT2D eigenvalue weighted by atomic mass is 10.0. The molecule has 2 aromatic rings. The molecule has 19 heavy (non-hydrogen) atoms. The molecule has 5 heteroatoms. The van der Waals surface area contributed by atoms with Crippen LogP contribution in [0.5, 0.6) is 0 Å². The SMILES string of the molecule is O=C(O)Cc1ccc(F)c(-c2cccc(Cl)c2Cl)c1. The van der Waals surface area contributed by atoms with Crippen LogP contribution >= 0.6 is 23.2 Å². The van der Waals surface area contributed by atoms with Gasteiger partial charge in [-0.15, -0.1) is 0 Å². The van der Waals surface area contributed by atoms with Gasteiger partial charge >= 0.3 is 5.97 Å². The van der Waals surface area contributed by atoms with Gasteiger partial charge in [-0.2, -0.15) is 0 Å². The molecule has 0 saturated carbocycles. The summed E-state index contributed by atoms with van der Waals surface area (Å²) in [5.74, 6) is -1.45. The monoisotopic (exact) mass is 298 g/mol. The van der Waals surface area contributed by atoms with E-state index >= 15 is 0 Å². The number of hydrogen-bond donors (Lipinski definition) is 1. The highest BCUT2D eigenvalue weighted by atomic mass is 35.5. The van der Waals surface area contributed by atoms with E-state index in [9.17, 15) is 9.18 Å². The number of rotatable bonds is 3. The Morgan fingerprint density at radius 1 is 1.16 bits per heavy atom. The molecule has 0 spiro atoms. The molecule has 0 unspecified atom stereocenters. The normalized spacial score (nSPS) is 10.5. The molecule has 98 valence electrons. The number of halogens is 3. The summed E-state index contributed by atoms with van der Waals surface area (Å²) >= 11 is 11.9. The molecule has 0 amide bonds. The molecule has 0 aliphatic heterocycles. The third-order valence-corrected chi connectivity index (χ3v) is 3.45. The summed E-state index contributed by atoms with van der Waals surface area (Å²) in [5, 5.41) is 9.32. The lowest BCUT2D eigenvalue weighted by molar-refractivity contribution is -0.136. The summed E-state index contributed by atoms with van der Waals surface area (Å²) in [6.07, 6.45) is -0.175. The molecule has 0 aliphatic carbocycles. The van der Waals surface area contributed by atoms with E-state index in [1.165, 1.54) is 18.2 Å². The van der Waals surface area contributed by atoms with E-state index in [0.29, 0.717) is 16.1 Å². The summed E-state index contributed by atoms with van der Waals surface area (Å²) < 4.78 is 13.9. The van der Waals surface area contributed by atoms with Gasteiger partial charge in [0.05, 0.1) is 16.5 Å². The Labute approximate surface area is 119 Å². The third kappa shape index (κ3) is 3.06. The van der Waals surface area contributed by atoms with Crippen molar-refractivity contribution in [1.29, 1.82) is 0 Å². The second kappa shape index (κ2) is 5.59. The van der Waals surface area contributed by atoms with Crippen molar-refractivity contribution in [3.63, 3.8) is 0 Å². The maximum absolute atomic E-state index is 13.9. The molecular formula is C14H9Cl2FO2. The van der Waals surface area contributed by atoms with Gasteiger partial charge in [-0.25, -0.2) is 4.39 Å². The van der Waals surface area contributed by atoms with Crippen LogP contribution in [0.3, 0.4) is 0 Å². The van der Waals surface area contributed by atoms with E-state index < -0.39 is 11.8 Å². The molecule has 0 saturated heterocycles. The highest BCUT2D eigenvalue weighted by Gasteiger charge is 2.12. The van der Waals surface area contributed by atoms with Crippen molar-refractivity contribution in [1.82, 2.24) is 0 Å². The van der Waals surface area contributed by atoms with Crippen LogP contribution in [0.1, 0.15) is 5.56 Å². The quantitative estimate of drug-likeness (QED) is 0.910. The van der Waals surface area contributed by atoms with Crippen LogP contribution in [0.2, 0.25) is 10.0 Å². The third-order valence-electron chi connectivity index (χ3n) is 2.63. The minimum absolute atomic E-state index is 0.175. The van der Waals surface area contributed by atoms with Crippen LogP contribution < -0.4 is 0 Å². The lowest BCUT2D eigenvalue weighted by Crippen LogP contribution is -2.00. The molecular weight excluding hydrogens is 290 g/mol. The summed E-state index contributed by atoms with van der Waals surface area (Å²) in [5.41, 5.74) is 1.19. The van der Waals surface area contributed by atoms with Crippen LogP contribution in [0.25, 0.3) is 11.1 Å². The van der Waals surface area contributed by atoms with Gasteiger partial charge in [-0.1, -0.05) is 41.4 Å². The van der Waals surface area contributed by atoms with Crippen LogP contribution in [0, 0.1) is 5.82 Å². The molecule has 0 bridgehead atoms. The Morgan fingerprint density at radius 2 is 1.89 bits per heavy atom. The lowest BCUT2D eigenvalue weighted by Gasteiger charge is -2.09. The van der Waals surface area contributed by atoms with E-state index in [-0.39, 0.29) is 17.0 Å². The summed E-state index contributed by atoms with van der Waals surface area (Å²) in [6.45, 7) is 0. The van der Waals surface area contributed by atoms with E-state index in [4.69, 9.17) is 28.3 Å². The first-order valence-electron chi connectivity index (χ1n) is 5.43. The topological polar surface area (TPSA) is 37.3 Å². The predicted molar refractivity (Wildman–Crippen MR) is 73.2 cm³/mol. The first kappa shape index (κ1) is 13.8. The number of hydrogen-bond acceptors (Lipinski definition) is 1. The van der Waals surface area contributed by atoms with Gasteiger partial charge in [0, 0.05) is 11.1 Å². The highest BCUT2D eigenvalue weighted by molar-refractivity contribution is 6.43. The van der Waals surface area contributed by atoms with E-state index in [2.05, 4.69) is 0 Å². The van der Waals surface area contributed by atoms with Crippen molar-refractivity contribution in [2.45, 2.75) is 6.42 Å². The number of carbonyl (C=O) groups is 1. The van der Waals surface area contributed by atoms with Gasteiger partial charge in [0.2, 0.25) is 0 Å². The fourth-order valence-electron chi connectivity index (χ4n) is 1.78. The standard InChI is InChI=1S/C14H9Cl2FO2/c15-11-3-1-2-9(14(11)16)10-6-8(7-13(18)19)4-5-12(10)17/h1-6H,7H2,(H,18,19). The van der Waals surface area contributed by atoms with Gasteiger partial charge in [-0.05, 0) is 23.8 Å². The van der Waals surface area contributed by atoms with Crippen molar-refractivity contribution in [3.05, 3.63) is 57.8 Å². The van der Waals surface area contributed by atoms with Gasteiger partial charge < -0.3 is 5.11 Å². The van der Waals surface area contributed by atoms with Crippen LogP contribution in [0.15, 0.2) is 36.4 Å². The van der Waals surface area contributed by atoms with Crippen molar-refractivity contribution in [2.75, 3.05) is 0 Å². The van der Waals surface area contributed by atoms with Crippen LogP contribution in [-0.4, -0.2) is 11.1 Å². The van der Waals surface area contributed by atoms with E-state index in [0.717, 1.165) is 0 Å². The molecule has 1 N–H and O–H groups in total. The second-order valence-corrected chi connectivity index (χ2v) is 4.77. The first-order valence-corrected chi connectivity index (χ1v) is 6.19.